The fourth-order valence-corrected chi connectivity index (χ4v) is 3.02. The minimum absolute atomic E-state index is 1.06. The summed E-state index contributed by atoms with van der Waals surface area (Å²) < 4.78 is 0. The first-order chi connectivity index (χ1) is 10.4. The van der Waals surface area contributed by atoms with Crippen LogP contribution in [0.2, 0.25) is 0 Å². The third-order valence-electron chi connectivity index (χ3n) is 4.12. The molecule has 0 nitrogen and oxygen atoms in total. The summed E-state index contributed by atoms with van der Waals surface area (Å²) in [5, 5.41) is 0. The Morgan fingerprint density at radius 3 is 2.10 bits per heavy atom. The highest BCUT2D eigenvalue weighted by molar-refractivity contribution is 5.80. The minimum atomic E-state index is 1.06. The topological polar surface area (TPSA) is 0 Å². The molecule has 0 spiro atoms. The Kier molecular flexibility index (Phi) is 2.93. The van der Waals surface area contributed by atoms with Gasteiger partial charge in [0.15, 0.2) is 0 Å². The van der Waals surface area contributed by atoms with Crippen molar-refractivity contribution in [3.63, 3.8) is 0 Å². The van der Waals surface area contributed by atoms with Crippen molar-refractivity contribution in [1.29, 1.82) is 0 Å². The molecule has 0 heterocycles. The third-order valence-corrected chi connectivity index (χ3v) is 4.12. The maximum atomic E-state index is 2.25. The maximum absolute atomic E-state index is 2.25. The molecule has 0 fully saturated rings. The van der Waals surface area contributed by atoms with Crippen molar-refractivity contribution in [3.05, 3.63) is 90.0 Å². The average molecular weight is 268 g/mol. The number of hydrogen-bond acceptors (Lipinski definition) is 0. The molecule has 0 aromatic heterocycles. The van der Waals surface area contributed by atoms with Gasteiger partial charge in [-0.2, -0.15) is 0 Å². The van der Waals surface area contributed by atoms with Gasteiger partial charge in [-0.25, -0.2) is 0 Å². The van der Waals surface area contributed by atoms with Gasteiger partial charge >= 0.3 is 0 Å². The van der Waals surface area contributed by atoms with Crippen LogP contribution in [-0.4, -0.2) is 0 Å². The molecule has 3 aromatic carbocycles. The molecule has 0 amide bonds. The van der Waals surface area contributed by atoms with Gasteiger partial charge in [-0.1, -0.05) is 84.9 Å². The molecule has 1 aliphatic carbocycles. The lowest BCUT2D eigenvalue weighted by atomic mass is 9.95. The normalized spacial score (nSPS) is 12.4. The van der Waals surface area contributed by atoms with Gasteiger partial charge in [0.1, 0.15) is 0 Å². The Morgan fingerprint density at radius 1 is 0.571 bits per heavy atom. The minimum Gasteiger partial charge on any atom is -0.0795 e. The van der Waals surface area contributed by atoms with Crippen LogP contribution in [0.4, 0.5) is 0 Å². The van der Waals surface area contributed by atoms with E-state index in [1.165, 1.54) is 33.4 Å². The van der Waals surface area contributed by atoms with E-state index < -0.39 is 0 Å². The maximum Gasteiger partial charge on any atom is -0.00879 e. The number of allylic oxidation sites excluding steroid dienone is 1. The molecular formula is C21H16. The van der Waals surface area contributed by atoms with Crippen LogP contribution in [0.25, 0.3) is 28.3 Å². The molecule has 0 saturated heterocycles. The second-order valence-corrected chi connectivity index (χ2v) is 5.43. The predicted octanol–water partition coefficient (Wildman–Crippen LogP) is 5.59. The Balaban J connectivity index is 1.75. The van der Waals surface area contributed by atoms with Crippen LogP contribution in [0, 0.1) is 0 Å². The lowest BCUT2D eigenvalue weighted by molar-refractivity contribution is 1.31. The second-order valence-electron chi connectivity index (χ2n) is 5.43. The molecule has 0 aliphatic heterocycles. The van der Waals surface area contributed by atoms with Crippen molar-refractivity contribution in [1.82, 2.24) is 0 Å². The van der Waals surface area contributed by atoms with Crippen molar-refractivity contribution in [2.75, 3.05) is 0 Å². The van der Waals surface area contributed by atoms with Gasteiger partial charge in [-0.3, -0.25) is 0 Å². The molecule has 100 valence electrons. The zero-order valence-corrected chi connectivity index (χ0v) is 11.8. The van der Waals surface area contributed by atoms with Crippen LogP contribution in [0.15, 0.2) is 78.9 Å². The van der Waals surface area contributed by atoms with E-state index in [1.807, 2.05) is 0 Å². The van der Waals surface area contributed by atoms with Crippen LogP contribution in [-0.2, 0) is 6.42 Å². The quantitative estimate of drug-likeness (QED) is 0.568. The van der Waals surface area contributed by atoms with Gasteiger partial charge < -0.3 is 0 Å². The van der Waals surface area contributed by atoms with Gasteiger partial charge in [0.25, 0.3) is 0 Å². The molecular weight excluding hydrogens is 252 g/mol. The van der Waals surface area contributed by atoms with Gasteiger partial charge in [-0.05, 0) is 39.8 Å². The largest absolute Gasteiger partial charge is 0.0795 e. The van der Waals surface area contributed by atoms with E-state index in [1.54, 1.807) is 0 Å². The van der Waals surface area contributed by atoms with Crippen LogP contribution < -0.4 is 0 Å². The first-order valence-electron chi connectivity index (χ1n) is 7.36. The summed E-state index contributed by atoms with van der Waals surface area (Å²) in [5.41, 5.74) is 7.97. The van der Waals surface area contributed by atoms with E-state index in [-0.39, 0.29) is 0 Å². The number of fused-ring (bicyclic) bond motifs is 1. The number of hydrogen-bond donors (Lipinski definition) is 0. The molecule has 21 heavy (non-hydrogen) atoms. The molecule has 1 aliphatic rings. The lowest BCUT2D eigenvalue weighted by Gasteiger charge is -2.09. The van der Waals surface area contributed by atoms with Crippen LogP contribution in [0.1, 0.15) is 11.1 Å². The van der Waals surface area contributed by atoms with E-state index >= 15 is 0 Å². The highest BCUT2D eigenvalue weighted by Gasteiger charge is 2.10. The van der Waals surface area contributed by atoms with E-state index in [9.17, 15) is 0 Å². The Labute approximate surface area is 125 Å². The van der Waals surface area contributed by atoms with Crippen molar-refractivity contribution in [2.24, 2.45) is 0 Å². The van der Waals surface area contributed by atoms with Crippen LogP contribution in [0.3, 0.4) is 0 Å². The fraction of sp³-hybridized carbons (Fsp3) is 0.0476. The Morgan fingerprint density at radius 2 is 1.29 bits per heavy atom. The van der Waals surface area contributed by atoms with Gasteiger partial charge in [-0.15, -0.1) is 0 Å². The monoisotopic (exact) mass is 268 g/mol. The zero-order chi connectivity index (χ0) is 14.1. The van der Waals surface area contributed by atoms with Crippen LogP contribution >= 0.6 is 0 Å². The summed E-state index contributed by atoms with van der Waals surface area (Å²) in [6.07, 6.45) is 5.55. The van der Waals surface area contributed by atoms with Crippen LogP contribution in [0.5, 0.6) is 0 Å². The molecule has 3 aromatic rings. The summed E-state index contributed by atoms with van der Waals surface area (Å²) in [7, 11) is 0. The molecule has 0 bridgehead atoms. The Hall–Kier alpha value is -2.60. The molecule has 0 saturated carbocycles. The van der Waals surface area contributed by atoms with Crippen molar-refractivity contribution < 1.29 is 0 Å². The standard InChI is InChI=1S/C21H16/c1-2-6-16(7-3-1)17-12-14-19(15-13-17)21-11-5-9-18-8-4-10-20(18)21/h1-7,9-15H,8H2. The number of benzene rings is 3. The molecule has 0 atom stereocenters. The molecule has 0 heteroatoms. The highest BCUT2D eigenvalue weighted by Crippen LogP contribution is 2.32. The molecule has 0 unspecified atom stereocenters. The second kappa shape index (κ2) is 5.06. The fourth-order valence-electron chi connectivity index (χ4n) is 3.02. The van der Waals surface area contributed by atoms with E-state index in [2.05, 4.69) is 84.9 Å². The zero-order valence-electron chi connectivity index (χ0n) is 11.8. The van der Waals surface area contributed by atoms with E-state index in [4.69, 9.17) is 0 Å². The summed E-state index contributed by atoms with van der Waals surface area (Å²) in [5.74, 6) is 0. The summed E-state index contributed by atoms with van der Waals surface area (Å²) in [6.45, 7) is 0. The molecule has 0 N–H and O–H groups in total. The summed E-state index contributed by atoms with van der Waals surface area (Å²) >= 11 is 0. The van der Waals surface area contributed by atoms with E-state index in [0.29, 0.717) is 0 Å². The summed E-state index contributed by atoms with van der Waals surface area (Å²) in [6, 6.07) is 26.0. The highest BCUT2D eigenvalue weighted by atomic mass is 14.1. The van der Waals surface area contributed by atoms with Gasteiger partial charge in [0, 0.05) is 0 Å². The average Bonchev–Trinajstić information content (AvgIpc) is 3.04. The molecule has 0 radical (unpaired) electrons. The van der Waals surface area contributed by atoms with E-state index in [0.717, 1.165) is 6.42 Å². The third kappa shape index (κ3) is 2.19. The predicted molar refractivity (Wildman–Crippen MR) is 90.1 cm³/mol. The van der Waals surface area contributed by atoms with Gasteiger partial charge in [0.05, 0.1) is 0 Å². The van der Waals surface area contributed by atoms with Crippen molar-refractivity contribution >= 4 is 6.08 Å². The number of rotatable bonds is 2. The smallest absolute Gasteiger partial charge is 0.00879 e. The summed E-state index contributed by atoms with van der Waals surface area (Å²) in [4.78, 5) is 0. The van der Waals surface area contributed by atoms with Crippen molar-refractivity contribution in [2.45, 2.75) is 6.42 Å². The first kappa shape index (κ1) is 12.2. The first-order valence-corrected chi connectivity index (χ1v) is 7.36. The lowest BCUT2D eigenvalue weighted by Crippen LogP contribution is -1.87. The SMILES string of the molecule is C1=Cc2c(cccc2-c2ccc(-c3ccccc3)cc2)C1. The van der Waals surface area contributed by atoms with Crippen molar-refractivity contribution in [3.8, 4) is 22.3 Å². The molecule has 4 rings (SSSR count). The Bertz CT molecular complexity index is 793. The van der Waals surface area contributed by atoms with Gasteiger partial charge in [0.2, 0.25) is 0 Å².